The van der Waals surface area contributed by atoms with E-state index in [1.165, 1.54) is 12.1 Å². The molecule has 0 radical (unpaired) electrons. The fraction of sp³-hybridized carbons (Fsp3) is 0.0833. The molecule has 1 heterocycles. The number of carbonyl (C=O) groups excluding carboxylic acids is 2. The van der Waals surface area contributed by atoms with Gasteiger partial charge in [-0.3, -0.25) is 9.59 Å². The Morgan fingerprint density at radius 1 is 0.871 bits per heavy atom. The van der Waals surface area contributed by atoms with Crippen LogP contribution in [0.1, 0.15) is 26.3 Å². The van der Waals surface area contributed by atoms with Gasteiger partial charge in [-0.1, -0.05) is 48.5 Å². The molecule has 0 aliphatic carbocycles. The zero-order chi connectivity index (χ0) is 22.0. The van der Waals surface area contributed by atoms with E-state index in [0.29, 0.717) is 32.9 Å². The van der Waals surface area contributed by atoms with Gasteiger partial charge in [0.15, 0.2) is 0 Å². The van der Waals surface area contributed by atoms with Crippen LogP contribution in [0.4, 0.5) is 0 Å². The summed E-state index contributed by atoms with van der Waals surface area (Å²) in [6, 6.07) is 19.7. The smallest absolute Gasteiger partial charge is 0.335 e. The van der Waals surface area contributed by atoms with Crippen molar-refractivity contribution >= 4 is 39.6 Å². The molecule has 2 amide bonds. The number of benzene rings is 3. The number of pyridine rings is 1. The van der Waals surface area contributed by atoms with Crippen molar-refractivity contribution in [3.05, 3.63) is 89.5 Å². The molecule has 0 aliphatic rings. The van der Waals surface area contributed by atoms with Crippen LogP contribution >= 0.6 is 0 Å². The normalized spacial score (nSPS) is 11.9. The van der Waals surface area contributed by atoms with Gasteiger partial charge in [0.1, 0.15) is 6.04 Å². The molecule has 7 heteroatoms. The van der Waals surface area contributed by atoms with Crippen molar-refractivity contribution in [1.82, 2.24) is 10.3 Å². The number of rotatable bonds is 6. The summed E-state index contributed by atoms with van der Waals surface area (Å²) in [6.07, 6.45) is 0.141. The molecule has 3 aromatic carbocycles. The number of fused-ring (bicyclic) bond motifs is 2. The quantitative estimate of drug-likeness (QED) is 0.420. The van der Waals surface area contributed by atoms with Crippen LogP contribution in [-0.2, 0) is 11.2 Å². The van der Waals surface area contributed by atoms with Crippen LogP contribution in [0.15, 0.2) is 72.8 Å². The van der Waals surface area contributed by atoms with Crippen molar-refractivity contribution < 1.29 is 19.5 Å². The second kappa shape index (κ2) is 8.23. The Hall–Kier alpha value is -4.26. The van der Waals surface area contributed by atoms with E-state index in [2.05, 4.69) is 10.3 Å². The lowest BCUT2D eigenvalue weighted by molar-refractivity contribution is -0.119. The predicted molar refractivity (Wildman–Crippen MR) is 117 cm³/mol. The molecule has 1 aromatic heterocycles. The number of nitrogens with one attached hydrogen (secondary N) is 1. The molecular weight excluding hydrogens is 394 g/mol. The topological polar surface area (TPSA) is 122 Å². The van der Waals surface area contributed by atoms with Gasteiger partial charge in [-0.2, -0.15) is 0 Å². The Morgan fingerprint density at radius 3 is 1.94 bits per heavy atom. The van der Waals surface area contributed by atoms with Crippen LogP contribution in [0.2, 0.25) is 0 Å². The van der Waals surface area contributed by atoms with Crippen molar-refractivity contribution in [3.8, 4) is 0 Å². The molecule has 154 valence electrons. The number of carboxylic acid groups (broad SMARTS) is 1. The van der Waals surface area contributed by atoms with Crippen molar-refractivity contribution in [2.24, 2.45) is 5.73 Å². The average molecular weight is 413 g/mol. The van der Waals surface area contributed by atoms with Gasteiger partial charge in [0, 0.05) is 17.2 Å². The molecule has 0 spiro atoms. The monoisotopic (exact) mass is 413 g/mol. The highest BCUT2D eigenvalue weighted by molar-refractivity contribution is 6.16. The Kier molecular flexibility index (Phi) is 5.32. The Balaban J connectivity index is 1.68. The summed E-state index contributed by atoms with van der Waals surface area (Å²) in [5.41, 5.74) is 8.14. The van der Waals surface area contributed by atoms with Gasteiger partial charge in [0.25, 0.3) is 5.91 Å². The fourth-order valence-electron chi connectivity index (χ4n) is 3.56. The zero-order valence-corrected chi connectivity index (χ0v) is 16.4. The van der Waals surface area contributed by atoms with E-state index in [-0.39, 0.29) is 12.0 Å². The Labute approximate surface area is 177 Å². The molecule has 4 N–H and O–H groups in total. The van der Waals surface area contributed by atoms with Crippen LogP contribution in [-0.4, -0.2) is 33.9 Å². The van der Waals surface area contributed by atoms with Crippen molar-refractivity contribution in [2.45, 2.75) is 12.5 Å². The fourth-order valence-corrected chi connectivity index (χ4v) is 3.56. The van der Waals surface area contributed by atoms with E-state index >= 15 is 0 Å². The zero-order valence-electron chi connectivity index (χ0n) is 16.4. The minimum atomic E-state index is -1.04. The highest BCUT2D eigenvalue weighted by Crippen LogP contribution is 2.26. The lowest BCUT2D eigenvalue weighted by Gasteiger charge is -2.17. The van der Waals surface area contributed by atoms with Gasteiger partial charge < -0.3 is 16.2 Å². The van der Waals surface area contributed by atoms with Gasteiger partial charge in [-0.25, -0.2) is 9.78 Å². The molecule has 0 aliphatic heterocycles. The molecule has 1 atom stereocenters. The number of para-hydroxylation sites is 2. The minimum absolute atomic E-state index is 0.137. The van der Waals surface area contributed by atoms with Crippen LogP contribution in [0.3, 0.4) is 0 Å². The second-order valence-corrected chi connectivity index (χ2v) is 7.16. The molecule has 0 saturated carbocycles. The Morgan fingerprint density at radius 2 is 1.42 bits per heavy atom. The maximum Gasteiger partial charge on any atom is 0.335 e. The summed E-state index contributed by atoms with van der Waals surface area (Å²) in [7, 11) is 0. The third kappa shape index (κ3) is 4.06. The number of aromatic nitrogens is 1. The number of nitrogens with two attached hydrogens (primary N) is 1. The van der Waals surface area contributed by atoms with Crippen LogP contribution in [0.5, 0.6) is 0 Å². The molecule has 31 heavy (non-hydrogen) atoms. The van der Waals surface area contributed by atoms with Gasteiger partial charge in [0.2, 0.25) is 5.91 Å². The largest absolute Gasteiger partial charge is 0.478 e. The molecule has 7 nitrogen and oxygen atoms in total. The first kappa shape index (κ1) is 20.0. The van der Waals surface area contributed by atoms with Gasteiger partial charge in [-0.05, 0) is 29.8 Å². The first-order chi connectivity index (χ1) is 14.9. The molecule has 0 unspecified atom stereocenters. The average Bonchev–Trinajstić information content (AvgIpc) is 2.77. The number of primary amides is 1. The third-order valence-electron chi connectivity index (χ3n) is 5.10. The lowest BCUT2D eigenvalue weighted by Crippen LogP contribution is -2.46. The maximum absolute atomic E-state index is 13.3. The predicted octanol–water partition coefficient (Wildman–Crippen LogP) is 2.91. The molecule has 0 bridgehead atoms. The van der Waals surface area contributed by atoms with E-state index in [9.17, 15) is 14.4 Å². The molecule has 4 rings (SSSR count). The number of nitrogens with zero attached hydrogens (tertiary/aromatic N) is 1. The lowest BCUT2D eigenvalue weighted by atomic mass is 10.00. The molecule has 0 saturated heterocycles. The first-order valence-corrected chi connectivity index (χ1v) is 9.64. The van der Waals surface area contributed by atoms with Gasteiger partial charge >= 0.3 is 5.97 Å². The first-order valence-electron chi connectivity index (χ1n) is 9.64. The number of hydrogen-bond acceptors (Lipinski definition) is 4. The van der Waals surface area contributed by atoms with E-state index in [1.807, 2.05) is 48.5 Å². The summed E-state index contributed by atoms with van der Waals surface area (Å²) in [5, 5.41) is 13.1. The number of hydrogen-bond donors (Lipinski definition) is 3. The van der Waals surface area contributed by atoms with Crippen molar-refractivity contribution in [2.75, 3.05) is 0 Å². The SMILES string of the molecule is NC(=O)[C@@H](Cc1ccc(C(=O)O)cc1)NC(=O)c1c2ccccc2nc2ccccc12. The van der Waals surface area contributed by atoms with E-state index in [0.717, 1.165) is 0 Å². The minimum Gasteiger partial charge on any atom is -0.478 e. The number of carbonyl (C=O) groups is 3. The van der Waals surface area contributed by atoms with Crippen molar-refractivity contribution in [3.63, 3.8) is 0 Å². The summed E-state index contributed by atoms with van der Waals surface area (Å²) >= 11 is 0. The standard InChI is InChI=1S/C24H19N3O4/c25-22(28)20(13-14-9-11-15(12-10-14)24(30)31)27-23(29)21-16-5-1-3-7-18(16)26-19-8-4-2-6-17(19)21/h1-12,20H,13H2,(H2,25,28)(H,27,29)(H,30,31)/t20-/m1/s1. The van der Waals surface area contributed by atoms with Gasteiger partial charge in [-0.15, -0.1) is 0 Å². The second-order valence-electron chi connectivity index (χ2n) is 7.16. The Bertz CT molecular complexity index is 1260. The highest BCUT2D eigenvalue weighted by atomic mass is 16.4. The van der Waals surface area contributed by atoms with E-state index < -0.39 is 23.8 Å². The summed E-state index contributed by atoms with van der Waals surface area (Å²) in [6.45, 7) is 0. The van der Waals surface area contributed by atoms with Crippen molar-refractivity contribution in [1.29, 1.82) is 0 Å². The summed E-state index contributed by atoms with van der Waals surface area (Å²) < 4.78 is 0. The summed E-state index contributed by atoms with van der Waals surface area (Å²) in [4.78, 5) is 41.0. The van der Waals surface area contributed by atoms with Crippen LogP contribution < -0.4 is 11.1 Å². The molecule has 4 aromatic rings. The van der Waals surface area contributed by atoms with Gasteiger partial charge in [0.05, 0.1) is 22.2 Å². The van der Waals surface area contributed by atoms with Crippen LogP contribution in [0.25, 0.3) is 21.8 Å². The van der Waals surface area contributed by atoms with E-state index in [4.69, 9.17) is 10.8 Å². The highest BCUT2D eigenvalue weighted by Gasteiger charge is 2.23. The molecule has 0 fully saturated rings. The third-order valence-corrected chi connectivity index (χ3v) is 5.10. The van der Waals surface area contributed by atoms with Crippen LogP contribution in [0, 0.1) is 0 Å². The summed E-state index contributed by atoms with van der Waals surface area (Å²) in [5.74, 6) is -2.15. The number of amides is 2. The van der Waals surface area contributed by atoms with E-state index in [1.54, 1.807) is 12.1 Å². The number of aromatic carboxylic acids is 1. The number of carboxylic acids is 1. The maximum atomic E-state index is 13.3. The molecular formula is C24H19N3O4.